The number of carbonyl (C=O) groups is 1. The van der Waals surface area contributed by atoms with Gasteiger partial charge in [-0.05, 0) is 18.4 Å². The Balaban J connectivity index is 2.74. The molecule has 0 saturated carbocycles. The largest absolute Gasteiger partial charge is 0.484 e. The Labute approximate surface area is 116 Å². The van der Waals surface area contributed by atoms with Gasteiger partial charge in [-0.2, -0.15) is 0 Å². The zero-order valence-corrected chi connectivity index (χ0v) is 12.7. The van der Waals surface area contributed by atoms with Crippen LogP contribution in [0.4, 0.5) is 0 Å². The molecule has 0 heterocycles. The number of hydrogen-bond donors (Lipinski definition) is 0. The van der Waals surface area contributed by atoms with E-state index in [4.69, 9.17) is 4.74 Å². The van der Waals surface area contributed by atoms with Crippen LogP contribution in [0.3, 0.4) is 0 Å². The summed E-state index contributed by atoms with van der Waals surface area (Å²) in [5, 5.41) is 0. The summed E-state index contributed by atoms with van der Waals surface area (Å²) in [6.45, 7) is 6.17. The van der Waals surface area contributed by atoms with E-state index in [0.717, 1.165) is 18.4 Å². The van der Waals surface area contributed by atoms with E-state index in [1.54, 1.807) is 6.20 Å². The van der Waals surface area contributed by atoms with Gasteiger partial charge in [-0.3, -0.25) is 4.79 Å². The van der Waals surface area contributed by atoms with Gasteiger partial charge in [0.1, 0.15) is 6.61 Å². The van der Waals surface area contributed by atoms with E-state index in [0.29, 0.717) is 12.4 Å². The van der Waals surface area contributed by atoms with Gasteiger partial charge in [-0.15, -0.1) is 0 Å². The summed E-state index contributed by atoms with van der Waals surface area (Å²) in [7, 11) is 3.78. The van der Waals surface area contributed by atoms with Crippen LogP contribution in [-0.4, -0.2) is 31.4 Å². The Morgan fingerprint density at radius 2 is 2.05 bits per heavy atom. The summed E-state index contributed by atoms with van der Waals surface area (Å²) in [5.41, 5.74) is 0.705. The van der Waals surface area contributed by atoms with Gasteiger partial charge in [-0.25, -0.2) is 0 Å². The van der Waals surface area contributed by atoms with Gasteiger partial charge in [0, 0.05) is 25.7 Å². The second-order valence-electron chi connectivity index (χ2n) is 6.08. The maximum atomic E-state index is 12.3. The van der Waals surface area contributed by atoms with Gasteiger partial charge in [0.05, 0.1) is 0 Å². The first-order valence-electron chi connectivity index (χ1n) is 6.72. The van der Waals surface area contributed by atoms with E-state index in [9.17, 15) is 4.79 Å². The fraction of sp³-hybridized carbons (Fsp3) is 0.562. The molecule has 1 aliphatic carbocycles. The van der Waals surface area contributed by atoms with Crippen molar-refractivity contribution in [3.05, 3.63) is 35.8 Å². The van der Waals surface area contributed by atoms with Crippen LogP contribution in [0.5, 0.6) is 0 Å². The molecule has 1 aliphatic rings. The summed E-state index contributed by atoms with van der Waals surface area (Å²) in [6, 6.07) is 0. The molecule has 0 atom stereocenters. The smallest absolute Gasteiger partial charge is 0.204 e. The fourth-order valence-electron chi connectivity index (χ4n) is 1.70. The summed E-state index contributed by atoms with van der Waals surface area (Å²) < 4.78 is 5.73. The zero-order valence-electron chi connectivity index (χ0n) is 12.7. The van der Waals surface area contributed by atoms with E-state index in [1.165, 1.54) is 0 Å². The lowest BCUT2D eigenvalue weighted by molar-refractivity contribution is -0.126. The summed E-state index contributed by atoms with van der Waals surface area (Å²) >= 11 is 0. The van der Waals surface area contributed by atoms with E-state index >= 15 is 0 Å². The summed E-state index contributed by atoms with van der Waals surface area (Å²) in [6.07, 6.45) is 10.3. The molecule has 0 unspecified atom stereocenters. The van der Waals surface area contributed by atoms with Gasteiger partial charge in [-0.1, -0.05) is 39.0 Å². The zero-order chi connectivity index (χ0) is 14.5. The average molecular weight is 263 g/mol. The van der Waals surface area contributed by atoms with Gasteiger partial charge in [0.2, 0.25) is 5.78 Å². The molecule has 0 aromatic heterocycles. The first-order chi connectivity index (χ1) is 8.80. The topological polar surface area (TPSA) is 29.5 Å². The average Bonchev–Trinajstić information content (AvgIpc) is 2.33. The Morgan fingerprint density at radius 3 is 2.53 bits per heavy atom. The Hall–Kier alpha value is -1.51. The third-order valence-electron chi connectivity index (χ3n) is 2.75. The molecule has 106 valence electrons. The lowest BCUT2D eigenvalue weighted by atomic mass is 9.90. The van der Waals surface area contributed by atoms with Crippen molar-refractivity contribution in [2.24, 2.45) is 5.41 Å². The van der Waals surface area contributed by atoms with Crippen LogP contribution in [0.15, 0.2) is 35.8 Å². The van der Waals surface area contributed by atoms with Crippen LogP contribution >= 0.6 is 0 Å². The molecule has 0 aromatic carbocycles. The summed E-state index contributed by atoms with van der Waals surface area (Å²) in [4.78, 5) is 14.2. The molecule has 0 amide bonds. The predicted molar refractivity (Wildman–Crippen MR) is 78.6 cm³/mol. The first-order valence-corrected chi connectivity index (χ1v) is 6.72. The fourth-order valence-corrected chi connectivity index (χ4v) is 1.70. The Bertz CT molecular complexity index is 409. The van der Waals surface area contributed by atoms with Crippen LogP contribution in [-0.2, 0) is 9.53 Å². The van der Waals surface area contributed by atoms with E-state index < -0.39 is 5.41 Å². The molecule has 0 N–H and O–H groups in total. The van der Waals surface area contributed by atoms with Gasteiger partial charge < -0.3 is 9.64 Å². The third kappa shape index (κ3) is 5.33. The van der Waals surface area contributed by atoms with Crippen molar-refractivity contribution in [3.63, 3.8) is 0 Å². The van der Waals surface area contributed by atoms with E-state index in [1.807, 2.05) is 39.8 Å². The molecule has 0 bridgehead atoms. The molecule has 0 fully saturated rings. The molecule has 0 saturated heterocycles. The number of hydrogen-bond acceptors (Lipinski definition) is 3. The first kappa shape index (κ1) is 15.5. The minimum Gasteiger partial charge on any atom is -0.484 e. The molecule has 3 heteroatoms. The van der Waals surface area contributed by atoms with Gasteiger partial charge >= 0.3 is 0 Å². The molecule has 0 aromatic rings. The number of allylic oxidation sites excluding steroid dienone is 3. The molecule has 0 radical (unpaired) electrons. The molecule has 1 rings (SSSR count). The van der Waals surface area contributed by atoms with Crippen molar-refractivity contribution in [1.29, 1.82) is 0 Å². The van der Waals surface area contributed by atoms with Crippen molar-refractivity contribution in [2.45, 2.75) is 33.6 Å². The third-order valence-corrected chi connectivity index (χ3v) is 2.75. The lowest BCUT2D eigenvalue weighted by Crippen LogP contribution is -2.25. The van der Waals surface area contributed by atoms with Crippen molar-refractivity contribution >= 4 is 5.78 Å². The molecular weight excluding hydrogens is 238 g/mol. The van der Waals surface area contributed by atoms with Crippen molar-refractivity contribution in [2.75, 3.05) is 20.7 Å². The highest BCUT2D eigenvalue weighted by molar-refractivity contribution is 5.97. The number of Topliss-reactive ketones (excluding diaryl/α,β-unsaturated/α-hetero) is 1. The number of ether oxygens (including phenoxy) is 1. The quantitative estimate of drug-likeness (QED) is 0.563. The van der Waals surface area contributed by atoms with Crippen molar-refractivity contribution < 1.29 is 9.53 Å². The Kier molecular flexibility index (Phi) is 5.40. The lowest BCUT2D eigenvalue weighted by Gasteiger charge is -2.21. The minimum absolute atomic E-state index is 0.0292. The molecular formula is C16H25NO2. The normalized spacial score (nSPS) is 16.1. The monoisotopic (exact) mass is 263 g/mol. The maximum Gasteiger partial charge on any atom is 0.204 e. The number of rotatable bonds is 5. The SMILES string of the molecule is CN(C)/C=C(\OCC1=CCCC=C1)C(=O)C(C)(C)C. The van der Waals surface area contributed by atoms with Gasteiger partial charge in [0.15, 0.2) is 5.76 Å². The highest BCUT2D eigenvalue weighted by Gasteiger charge is 2.26. The van der Waals surface area contributed by atoms with E-state index in [-0.39, 0.29) is 5.78 Å². The number of carbonyl (C=O) groups excluding carboxylic acids is 1. The van der Waals surface area contributed by atoms with Gasteiger partial charge in [0.25, 0.3) is 0 Å². The standard InChI is InChI=1S/C16H25NO2/c1-16(2,3)15(18)14(11-17(4)5)19-12-13-9-7-6-8-10-13/h7,9-11H,6,8,12H2,1-5H3/b14-11-. The number of nitrogens with zero attached hydrogens (tertiary/aromatic N) is 1. The predicted octanol–water partition coefficient (Wildman–Crippen LogP) is 3.30. The minimum atomic E-state index is -0.432. The second kappa shape index (κ2) is 6.60. The van der Waals surface area contributed by atoms with Crippen LogP contribution in [0.1, 0.15) is 33.6 Å². The van der Waals surface area contributed by atoms with Crippen molar-refractivity contribution in [1.82, 2.24) is 4.90 Å². The maximum absolute atomic E-state index is 12.3. The Morgan fingerprint density at radius 1 is 1.37 bits per heavy atom. The molecule has 0 spiro atoms. The summed E-state index contributed by atoms with van der Waals surface area (Å²) in [5.74, 6) is 0.457. The van der Waals surface area contributed by atoms with Crippen LogP contribution in [0, 0.1) is 5.41 Å². The highest BCUT2D eigenvalue weighted by Crippen LogP contribution is 2.22. The van der Waals surface area contributed by atoms with Crippen LogP contribution in [0.25, 0.3) is 0 Å². The highest BCUT2D eigenvalue weighted by atomic mass is 16.5. The molecule has 3 nitrogen and oxygen atoms in total. The molecule has 19 heavy (non-hydrogen) atoms. The second-order valence-corrected chi connectivity index (χ2v) is 6.08. The van der Waals surface area contributed by atoms with E-state index in [2.05, 4.69) is 18.2 Å². The van der Waals surface area contributed by atoms with Crippen molar-refractivity contribution in [3.8, 4) is 0 Å². The number of ketones is 1. The molecule has 0 aliphatic heterocycles. The van der Waals surface area contributed by atoms with Crippen LogP contribution < -0.4 is 0 Å². The van der Waals surface area contributed by atoms with Crippen LogP contribution in [0.2, 0.25) is 0 Å².